The Morgan fingerprint density at radius 1 is 1.07 bits per heavy atom. The maximum atomic E-state index is 12.5. The molecule has 158 valence electrons. The number of hydrogen-bond acceptors (Lipinski definition) is 5. The van der Waals surface area contributed by atoms with E-state index < -0.39 is 16.1 Å². The van der Waals surface area contributed by atoms with Gasteiger partial charge in [0.1, 0.15) is 6.04 Å². The molecule has 0 aliphatic carbocycles. The Bertz CT molecular complexity index is 916. The average molecular weight is 421 g/mol. The van der Waals surface area contributed by atoms with Crippen molar-refractivity contribution in [1.29, 1.82) is 0 Å². The molecule has 0 saturated carbocycles. The fourth-order valence-electron chi connectivity index (χ4n) is 3.07. The highest BCUT2D eigenvalue weighted by molar-refractivity contribution is 7.92. The number of rotatable bonds is 10. The van der Waals surface area contributed by atoms with Gasteiger partial charge < -0.3 is 14.8 Å². The molecule has 8 heteroatoms. The van der Waals surface area contributed by atoms with Crippen molar-refractivity contribution in [3.63, 3.8) is 0 Å². The van der Waals surface area contributed by atoms with Gasteiger partial charge in [0, 0.05) is 6.54 Å². The minimum Gasteiger partial charge on any atom is -0.493 e. The molecule has 0 aliphatic rings. The van der Waals surface area contributed by atoms with Crippen LogP contribution in [0.25, 0.3) is 0 Å². The first kappa shape index (κ1) is 22.5. The Kier molecular flexibility index (Phi) is 7.90. The summed E-state index contributed by atoms with van der Waals surface area (Å²) < 4.78 is 36.1. The largest absolute Gasteiger partial charge is 0.493 e. The molecule has 1 amide bonds. The molecule has 1 atom stereocenters. The van der Waals surface area contributed by atoms with Gasteiger partial charge in [-0.1, -0.05) is 24.3 Å². The van der Waals surface area contributed by atoms with Crippen LogP contribution in [-0.2, 0) is 21.2 Å². The van der Waals surface area contributed by atoms with Gasteiger partial charge in [0.25, 0.3) is 0 Å². The van der Waals surface area contributed by atoms with Gasteiger partial charge in [0.05, 0.1) is 26.2 Å². The van der Waals surface area contributed by atoms with Gasteiger partial charge in [-0.15, -0.1) is 0 Å². The molecule has 0 unspecified atom stereocenters. The summed E-state index contributed by atoms with van der Waals surface area (Å²) in [6.45, 7) is 2.02. The van der Waals surface area contributed by atoms with Crippen LogP contribution in [-0.4, -0.2) is 47.4 Å². The fourth-order valence-corrected chi connectivity index (χ4v) is 4.25. The van der Waals surface area contributed by atoms with Crippen molar-refractivity contribution in [2.75, 3.05) is 31.3 Å². The number of methoxy groups -OCH3 is 2. The zero-order chi connectivity index (χ0) is 21.4. The van der Waals surface area contributed by atoms with Crippen molar-refractivity contribution in [1.82, 2.24) is 5.32 Å². The van der Waals surface area contributed by atoms with Crippen LogP contribution in [0.5, 0.6) is 11.5 Å². The topological polar surface area (TPSA) is 84.9 Å². The fraction of sp³-hybridized carbons (Fsp3) is 0.381. The Morgan fingerprint density at radius 3 is 2.31 bits per heavy atom. The van der Waals surface area contributed by atoms with Crippen molar-refractivity contribution in [3.05, 3.63) is 54.1 Å². The van der Waals surface area contributed by atoms with E-state index in [0.29, 0.717) is 30.2 Å². The second kappa shape index (κ2) is 10.2. The van der Waals surface area contributed by atoms with Crippen LogP contribution in [0.4, 0.5) is 5.69 Å². The Hall–Kier alpha value is -2.74. The maximum Gasteiger partial charge on any atom is 0.243 e. The zero-order valence-electron chi connectivity index (χ0n) is 17.2. The number of sulfonamides is 1. The van der Waals surface area contributed by atoms with Crippen LogP contribution in [0.2, 0.25) is 0 Å². The highest BCUT2D eigenvalue weighted by atomic mass is 32.2. The zero-order valence-corrected chi connectivity index (χ0v) is 18.0. The van der Waals surface area contributed by atoms with Gasteiger partial charge in [-0.25, -0.2) is 8.42 Å². The first-order valence-corrected chi connectivity index (χ1v) is 11.2. The van der Waals surface area contributed by atoms with Crippen molar-refractivity contribution >= 4 is 21.6 Å². The van der Waals surface area contributed by atoms with E-state index in [-0.39, 0.29) is 5.91 Å². The molecule has 0 aromatic heterocycles. The van der Waals surface area contributed by atoms with Crippen molar-refractivity contribution < 1.29 is 22.7 Å². The monoisotopic (exact) mass is 420 g/mol. The third kappa shape index (κ3) is 6.12. The molecule has 0 aliphatic heterocycles. The quantitative estimate of drug-likeness (QED) is 0.597. The molecule has 2 aromatic carbocycles. The molecule has 0 fully saturated rings. The molecular weight excluding hydrogens is 392 g/mol. The number of nitrogens with zero attached hydrogens (tertiary/aromatic N) is 1. The predicted octanol–water partition coefficient (Wildman–Crippen LogP) is 2.61. The third-order valence-corrected chi connectivity index (χ3v) is 5.73. The van der Waals surface area contributed by atoms with Crippen molar-refractivity contribution in [2.45, 2.75) is 25.8 Å². The lowest BCUT2D eigenvalue weighted by Crippen LogP contribution is -2.48. The number of carbonyl (C=O) groups excluding carboxylic acids is 1. The second-order valence-corrected chi connectivity index (χ2v) is 8.51. The van der Waals surface area contributed by atoms with E-state index in [2.05, 4.69) is 5.32 Å². The summed E-state index contributed by atoms with van der Waals surface area (Å²) in [5.74, 6) is 0.987. The molecule has 1 N–H and O–H groups in total. The molecular formula is C21H28N2O5S. The normalized spacial score (nSPS) is 12.1. The highest BCUT2D eigenvalue weighted by Gasteiger charge is 2.28. The summed E-state index contributed by atoms with van der Waals surface area (Å²) in [5.41, 5.74) is 1.52. The van der Waals surface area contributed by atoms with Crippen LogP contribution in [0.1, 0.15) is 18.9 Å². The van der Waals surface area contributed by atoms with Crippen LogP contribution in [0.3, 0.4) is 0 Å². The van der Waals surface area contributed by atoms with Gasteiger partial charge in [0.2, 0.25) is 15.9 Å². The molecule has 0 bridgehead atoms. The molecule has 0 heterocycles. The Labute approximate surface area is 172 Å². The van der Waals surface area contributed by atoms with Crippen LogP contribution < -0.4 is 19.1 Å². The highest BCUT2D eigenvalue weighted by Crippen LogP contribution is 2.28. The molecule has 2 aromatic rings. The van der Waals surface area contributed by atoms with E-state index >= 15 is 0 Å². The molecule has 7 nitrogen and oxygen atoms in total. The number of amides is 1. The number of hydrogen-bond donors (Lipinski definition) is 1. The van der Waals surface area contributed by atoms with Crippen LogP contribution >= 0.6 is 0 Å². The van der Waals surface area contributed by atoms with Gasteiger partial charge in [-0.2, -0.15) is 0 Å². The number of benzene rings is 2. The van der Waals surface area contributed by atoms with E-state index in [1.165, 1.54) is 0 Å². The lowest BCUT2D eigenvalue weighted by molar-refractivity contribution is -0.121. The number of carbonyl (C=O) groups is 1. The van der Waals surface area contributed by atoms with Gasteiger partial charge in [-0.3, -0.25) is 9.10 Å². The Morgan fingerprint density at radius 2 is 1.72 bits per heavy atom. The molecule has 0 radical (unpaired) electrons. The van der Waals surface area contributed by atoms with Crippen LogP contribution in [0, 0.1) is 0 Å². The molecule has 29 heavy (non-hydrogen) atoms. The van der Waals surface area contributed by atoms with Gasteiger partial charge in [0.15, 0.2) is 11.5 Å². The lowest BCUT2D eigenvalue weighted by Gasteiger charge is -2.28. The summed E-state index contributed by atoms with van der Waals surface area (Å²) in [6, 6.07) is 13.5. The van der Waals surface area contributed by atoms with Gasteiger partial charge >= 0.3 is 0 Å². The number of anilines is 1. The number of nitrogens with one attached hydrogen (secondary N) is 1. The molecule has 0 saturated heterocycles. The minimum atomic E-state index is -3.60. The summed E-state index contributed by atoms with van der Waals surface area (Å²) >= 11 is 0. The summed E-state index contributed by atoms with van der Waals surface area (Å²) in [4.78, 5) is 12.5. The van der Waals surface area contributed by atoms with E-state index in [1.807, 2.05) is 18.2 Å². The summed E-state index contributed by atoms with van der Waals surface area (Å²) in [5, 5.41) is 2.83. The first-order chi connectivity index (χ1) is 13.8. The van der Waals surface area contributed by atoms with Gasteiger partial charge in [-0.05, 0) is 49.6 Å². The smallest absolute Gasteiger partial charge is 0.243 e. The van der Waals surface area contributed by atoms with Crippen molar-refractivity contribution in [2.24, 2.45) is 0 Å². The summed E-state index contributed by atoms with van der Waals surface area (Å²) in [7, 11) is -0.430. The lowest BCUT2D eigenvalue weighted by atomic mass is 10.1. The maximum absolute atomic E-state index is 12.5. The molecule has 2 rings (SSSR count). The molecule has 0 spiro atoms. The van der Waals surface area contributed by atoms with Crippen LogP contribution in [0.15, 0.2) is 48.5 Å². The number of ether oxygens (including phenoxy) is 2. The SMILES string of the molecule is COc1ccc(CCCNC(=O)[C@@H](C)N(c2ccccc2)S(C)(=O)=O)cc1OC. The number of aryl methyl sites for hydroxylation is 1. The van der Waals surface area contributed by atoms with E-state index in [9.17, 15) is 13.2 Å². The van der Waals surface area contributed by atoms with E-state index in [4.69, 9.17) is 9.47 Å². The average Bonchev–Trinajstić information content (AvgIpc) is 2.70. The summed E-state index contributed by atoms with van der Waals surface area (Å²) in [6.07, 6.45) is 2.54. The first-order valence-electron chi connectivity index (χ1n) is 9.31. The third-order valence-electron chi connectivity index (χ3n) is 4.49. The number of para-hydroxylation sites is 1. The predicted molar refractivity (Wildman–Crippen MR) is 114 cm³/mol. The minimum absolute atomic E-state index is 0.341. The Balaban J connectivity index is 1.94. The standard InChI is InChI=1S/C21H28N2O5S/c1-16(23(29(4,25)26)18-10-6-5-7-11-18)21(24)22-14-8-9-17-12-13-19(27-2)20(15-17)28-3/h5-7,10-13,15-16H,8-9,14H2,1-4H3,(H,22,24)/t16-/m1/s1. The van der Waals surface area contributed by atoms with Crippen molar-refractivity contribution in [3.8, 4) is 11.5 Å². The van der Waals surface area contributed by atoms with E-state index in [1.54, 1.807) is 51.5 Å². The second-order valence-electron chi connectivity index (χ2n) is 6.65. The van der Waals surface area contributed by atoms with E-state index in [0.717, 1.165) is 22.5 Å².